The fourth-order valence-electron chi connectivity index (χ4n) is 2.81. The van der Waals surface area contributed by atoms with Crippen molar-refractivity contribution in [2.75, 3.05) is 20.7 Å². The predicted octanol–water partition coefficient (Wildman–Crippen LogP) is 2.46. The van der Waals surface area contributed by atoms with Crippen LogP contribution in [0.15, 0.2) is 18.2 Å². The fourth-order valence-corrected chi connectivity index (χ4v) is 4.18. The number of nitrogens with zero attached hydrogens (tertiary/aromatic N) is 1. The summed E-state index contributed by atoms with van der Waals surface area (Å²) in [4.78, 5) is 14.2. The fraction of sp³-hybridized carbons (Fsp3) is 0.462. The van der Waals surface area contributed by atoms with Crippen molar-refractivity contribution >= 4 is 16.9 Å². The Morgan fingerprint density at radius 3 is 2.94 bits per heavy atom. The van der Waals surface area contributed by atoms with E-state index in [9.17, 15) is 4.79 Å². The minimum absolute atomic E-state index is 0.138. The lowest BCUT2D eigenvalue weighted by molar-refractivity contribution is 0.109. The molecule has 1 fully saturated rings. The van der Waals surface area contributed by atoms with E-state index in [0.717, 1.165) is 36.3 Å². The van der Waals surface area contributed by atoms with E-state index in [1.54, 1.807) is 7.11 Å². The van der Waals surface area contributed by atoms with Crippen LogP contribution >= 0.6 is 11.8 Å². The van der Waals surface area contributed by atoms with E-state index in [1.807, 2.05) is 18.2 Å². The van der Waals surface area contributed by atoms with Crippen LogP contribution in [-0.4, -0.2) is 30.7 Å². The minimum Gasteiger partial charge on any atom is -0.497 e. The summed E-state index contributed by atoms with van der Waals surface area (Å²) in [5, 5.41) is 0.191. The molecule has 2 aliphatic rings. The molecule has 3 rings (SSSR count). The van der Waals surface area contributed by atoms with Gasteiger partial charge in [-0.1, -0.05) is 11.8 Å². The van der Waals surface area contributed by atoms with E-state index in [2.05, 4.69) is 11.9 Å². The van der Waals surface area contributed by atoms with Gasteiger partial charge in [0.25, 0.3) is 0 Å². The summed E-state index contributed by atoms with van der Waals surface area (Å²) in [7, 11) is 3.76. The van der Waals surface area contributed by atoms with Gasteiger partial charge in [-0.3, -0.25) is 9.69 Å². The molecule has 1 atom stereocenters. The van der Waals surface area contributed by atoms with Gasteiger partial charge < -0.3 is 4.74 Å². The molecule has 2 aliphatic heterocycles. The Bertz CT molecular complexity index is 488. The van der Waals surface area contributed by atoms with E-state index in [1.165, 1.54) is 11.8 Å². The zero-order valence-electron chi connectivity index (χ0n) is 10.0. The summed E-state index contributed by atoms with van der Waals surface area (Å²) in [6.07, 6.45) is 2.19. The van der Waals surface area contributed by atoms with Crippen molar-refractivity contribution in [2.24, 2.45) is 0 Å². The Morgan fingerprint density at radius 2 is 2.29 bits per heavy atom. The Kier molecular flexibility index (Phi) is 2.45. The van der Waals surface area contributed by atoms with Crippen LogP contribution in [0, 0.1) is 0 Å². The molecule has 1 aromatic rings. The summed E-state index contributed by atoms with van der Waals surface area (Å²) in [5.41, 5.74) is 1.98. The van der Waals surface area contributed by atoms with E-state index >= 15 is 0 Å². The second-order valence-corrected chi connectivity index (χ2v) is 5.86. The predicted molar refractivity (Wildman–Crippen MR) is 68.5 cm³/mol. The third-order valence-corrected chi connectivity index (χ3v) is 5.23. The minimum atomic E-state index is -0.138. The topological polar surface area (TPSA) is 29.5 Å². The Morgan fingerprint density at radius 1 is 1.47 bits per heavy atom. The number of methoxy groups -OCH3 is 1. The highest BCUT2D eigenvalue weighted by Gasteiger charge is 2.49. The molecule has 17 heavy (non-hydrogen) atoms. The van der Waals surface area contributed by atoms with Gasteiger partial charge in [-0.2, -0.15) is 0 Å². The molecule has 1 aromatic carbocycles. The zero-order chi connectivity index (χ0) is 12.0. The maximum Gasteiger partial charge on any atom is 0.221 e. The monoisotopic (exact) mass is 249 g/mol. The Labute approximate surface area is 105 Å². The highest BCUT2D eigenvalue weighted by atomic mass is 32.2. The summed E-state index contributed by atoms with van der Waals surface area (Å²) >= 11 is 1.46. The second kappa shape index (κ2) is 3.75. The molecular formula is C13H15NO2S. The van der Waals surface area contributed by atoms with Crippen molar-refractivity contribution in [1.29, 1.82) is 0 Å². The lowest BCUT2D eigenvalue weighted by atomic mass is 9.98. The SMILES string of the molecule is COc1ccc2c(c1)C1(CCCN1C)SC2=O. The molecule has 4 heteroatoms. The lowest BCUT2D eigenvalue weighted by Gasteiger charge is -2.31. The third-order valence-electron chi connectivity index (χ3n) is 3.75. The molecule has 0 N–H and O–H groups in total. The highest BCUT2D eigenvalue weighted by Crippen LogP contribution is 2.54. The number of hydrogen-bond donors (Lipinski definition) is 0. The normalized spacial score (nSPS) is 27.8. The molecule has 2 heterocycles. The number of fused-ring (bicyclic) bond motifs is 2. The summed E-state index contributed by atoms with van der Waals surface area (Å²) < 4.78 is 5.27. The van der Waals surface area contributed by atoms with Crippen molar-refractivity contribution in [3.05, 3.63) is 29.3 Å². The Balaban J connectivity index is 2.17. The number of benzene rings is 1. The van der Waals surface area contributed by atoms with Gasteiger partial charge in [-0.15, -0.1) is 0 Å². The zero-order valence-corrected chi connectivity index (χ0v) is 10.8. The quantitative estimate of drug-likeness (QED) is 0.764. The molecule has 0 amide bonds. The van der Waals surface area contributed by atoms with Crippen LogP contribution < -0.4 is 4.74 Å². The number of thioether (sulfide) groups is 1. The van der Waals surface area contributed by atoms with Crippen LogP contribution in [0.3, 0.4) is 0 Å². The van der Waals surface area contributed by atoms with Gasteiger partial charge in [-0.05, 0) is 50.2 Å². The number of carbonyl (C=O) groups is 1. The van der Waals surface area contributed by atoms with Crippen molar-refractivity contribution < 1.29 is 9.53 Å². The number of hydrogen-bond acceptors (Lipinski definition) is 4. The number of ether oxygens (including phenoxy) is 1. The molecule has 0 bridgehead atoms. The van der Waals surface area contributed by atoms with E-state index in [4.69, 9.17) is 4.74 Å². The van der Waals surface area contributed by atoms with Gasteiger partial charge in [-0.25, -0.2) is 0 Å². The van der Waals surface area contributed by atoms with Crippen LogP contribution in [-0.2, 0) is 4.87 Å². The van der Waals surface area contributed by atoms with E-state index < -0.39 is 0 Å². The standard InChI is InChI=1S/C13H15NO2S/c1-14-7-3-6-13(14)11-8-9(16-2)4-5-10(11)12(15)17-13/h4-5,8H,3,6-7H2,1-2H3. The van der Waals surface area contributed by atoms with Gasteiger partial charge in [0.15, 0.2) is 0 Å². The first kappa shape index (κ1) is 11.1. The Hall–Kier alpha value is -1.00. The first-order chi connectivity index (χ1) is 8.17. The largest absolute Gasteiger partial charge is 0.497 e. The molecule has 1 saturated heterocycles. The average molecular weight is 249 g/mol. The highest BCUT2D eigenvalue weighted by molar-refractivity contribution is 8.15. The molecular weight excluding hydrogens is 234 g/mol. The molecule has 0 aliphatic carbocycles. The molecule has 3 nitrogen and oxygen atoms in total. The van der Waals surface area contributed by atoms with Crippen LogP contribution in [0.25, 0.3) is 0 Å². The maximum absolute atomic E-state index is 12.1. The molecule has 0 aromatic heterocycles. The first-order valence-electron chi connectivity index (χ1n) is 5.80. The molecule has 90 valence electrons. The molecule has 0 saturated carbocycles. The van der Waals surface area contributed by atoms with E-state index in [-0.39, 0.29) is 9.99 Å². The van der Waals surface area contributed by atoms with Crippen LogP contribution in [0.2, 0.25) is 0 Å². The first-order valence-corrected chi connectivity index (χ1v) is 6.62. The molecule has 1 unspecified atom stereocenters. The van der Waals surface area contributed by atoms with Crippen LogP contribution in [0.4, 0.5) is 0 Å². The van der Waals surface area contributed by atoms with Gasteiger partial charge in [0.05, 0.1) is 7.11 Å². The van der Waals surface area contributed by atoms with Gasteiger partial charge >= 0.3 is 0 Å². The second-order valence-electron chi connectivity index (χ2n) is 4.61. The van der Waals surface area contributed by atoms with Gasteiger partial charge in [0.1, 0.15) is 10.6 Å². The summed E-state index contributed by atoms with van der Waals surface area (Å²) in [5.74, 6) is 0.832. The average Bonchev–Trinajstić information content (AvgIpc) is 2.83. The third kappa shape index (κ3) is 1.44. The van der Waals surface area contributed by atoms with Crippen LogP contribution in [0.1, 0.15) is 28.8 Å². The number of rotatable bonds is 1. The van der Waals surface area contributed by atoms with Gasteiger partial charge in [0, 0.05) is 5.56 Å². The molecule has 0 radical (unpaired) electrons. The van der Waals surface area contributed by atoms with Crippen molar-refractivity contribution in [3.8, 4) is 5.75 Å². The summed E-state index contributed by atoms with van der Waals surface area (Å²) in [6.45, 7) is 1.05. The number of likely N-dealkylation sites (tertiary alicyclic amines) is 1. The van der Waals surface area contributed by atoms with E-state index in [0.29, 0.717) is 0 Å². The number of carbonyl (C=O) groups excluding carboxylic acids is 1. The molecule has 1 spiro atoms. The van der Waals surface area contributed by atoms with Gasteiger partial charge in [0.2, 0.25) is 5.12 Å². The summed E-state index contributed by atoms with van der Waals surface area (Å²) in [6, 6.07) is 5.78. The van der Waals surface area contributed by atoms with Crippen molar-refractivity contribution in [2.45, 2.75) is 17.7 Å². The van der Waals surface area contributed by atoms with Crippen molar-refractivity contribution in [1.82, 2.24) is 4.90 Å². The lowest BCUT2D eigenvalue weighted by Crippen LogP contribution is -2.33. The smallest absolute Gasteiger partial charge is 0.221 e. The van der Waals surface area contributed by atoms with Crippen LogP contribution in [0.5, 0.6) is 5.75 Å². The maximum atomic E-state index is 12.1. The van der Waals surface area contributed by atoms with Crippen molar-refractivity contribution in [3.63, 3.8) is 0 Å².